The van der Waals surface area contributed by atoms with E-state index in [2.05, 4.69) is 10.2 Å². The second kappa shape index (κ2) is 4.62. The Hall–Kier alpha value is -2.75. The topological polar surface area (TPSA) is 41.6 Å². The van der Waals surface area contributed by atoms with Gasteiger partial charge in [0.2, 0.25) is 0 Å². The molecule has 23 heavy (non-hydrogen) atoms. The highest BCUT2D eigenvalue weighted by molar-refractivity contribution is 6.07. The molecule has 0 amide bonds. The highest BCUT2D eigenvalue weighted by Crippen LogP contribution is 2.38. The Bertz CT molecular complexity index is 1070. The van der Waals surface area contributed by atoms with E-state index in [0.29, 0.717) is 5.56 Å². The SMILES string of the molecule is Fc1ccccc1-c1nc2ccc3[nH]ncc3c2c2c1CCC2. The number of rotatable bonds is 1. The number of nitrogens with zero attached hydrogens (tertiary/aromatic N) is 2. The Morgan fingerprint density at radius 2 is 1.87 bits per heavy atom. The summed E-state index contributed by atoms with van der Waals surface area (Å²) < 4.78 is 14.3. The van der Waals surface area contributed by atoms with E-state index < -0.39 is 0 Å². The third-order valence-corrected chi connectivity index (χ3v) is 4.77. The molecule has 4 heteroatoms. The monoisotopic (exact) mass is 303 g/mol. The summed E-state index contributed by atoms with van der Waals surface area (Å²) in [7, 11) is 0. The first-order chi connectivity index (χ1) is 11.3. The summed E-state index contributed by atoms with van der Waals surface area (Å²) in [4.78, 5) is 4.83. The first-order valence-corrected chi connectivity index (χ1v) is 7.85. The maximum atomic E-state index is 14.3. The Morgan fingerprint density at radius 1 is 1.00 bits per heavy atom. The van der Waals surface area contributed by atoms with Crippen LogP contribution < -0.4 is 0 Å². The van der Waals surface area contributed by atoms with Crippen molar-refractivity contribution in [2.45, 2.75) is 19.3 Å². The van der Waals surface area contributed by atoms with Crippen LogP contribution >= 0.6 is 0 Å². The van der Waals surface area contributed by atoms with Crippen LogP contribution in [0.25, 0.3) is 33.1 Å². The molecule has 0 radical (unpaired) electrons. The van der Waals surface area contributed by atoms with E-state index in [1.807, 2.05) is 30.5 Å². The molecule has 4 aromatic rings. The van der Waals surface area contributed by atoms with Crippen molar-refractivity contribution < 1.29 is 4.39 Å². The van der Waals surface area contributed by atoms with E-state index in [-0.39, 0.29) is 5.82 Å². The smallest absolute Gasteiger partial charge is 0.132 e. The van der Waals surface area contributed by atoms with E-state index >= 15 is 0 Å². The molecule has 2 heterocycles. The zero-order chi connectivity index (χ0) is 15.4. The average molecular weight is 303 g/mol. The number of aromatic amines is 1. The van der Waals surface area contributed by atoms with Gasteiger partial charge in [-0.25, -0.2) is 9.37 Å². The largest absolute Gasteiger partial charge is 0.278 e. The zero-order valence-electron chi connectivity index (χ0n) is 12.4. The van der Waals surface area contributed by atoms with Gasteiger partial charge in [-0.2, -0.15) is 5.10 Å². The lowest BCUT2D eigenvalue weighted by Crippen LogP contribution is -1.97. The molecule has 0 unspecified atom stereocenters. The molecule has 3 nitrogen and oxygen atoms in total. The van der Waals surface area contributed by atoms with Crippen molar-refractivity contribution >= 4 is 21.8 Å². The number of aromatic nitrogens is 3. The molecule has 0 atom stereocenters. The Kier molecular flexibility index (Phi) is 2.56. The lowest BCUT2D eigenvalue weighted by Gasteiger charge is -2.12. The van der Waals surface area contributed by atoms with Crippen LogP contribution in [-0.4, -0.2) is 15.2 Å². The predicted octanol–water partition coefficient (Wildman–Crippen LogP) is 4.41. The molecule has 0 saturated heterocycles. The summed E-state index contributed by atoms with van der Waals surface area (Å²) in [6.07, 6.45) is 4.92. The highest BCUT2D eigenvalue weighted by Gasteiger charge is 2.23. The molecule has 0 aliphatic heterocycles. The van der Waals surface area contributed by atoms with Gasteiger partial charge in [0, 0.05) is 16.3 Å². The van der Waals surface area contributed by atoms with Gasteiger partial charge in [0.15, 0.2) is 0 Å². The number of fused-ring (bicyclic) bond motifs is 5. The van der Waals surface area contributed by atoms with Crippen molar-refractivity contribution in [3.63, 3.8) is 0 Å². The van der Waals surface area contributed by atoms with Crippen molar-refractivity contribution in [3.05, 3.63) is 59.5 Å². The molecule has 5 rings (SSSR count). The van der Waals surface area contributed by atoms with E-state index in [9.17, 15) is 4.39 Å². The molecule has 2 aromatic carbocycles. The van der Waals surface area contributed by atoms with Crippen LogP contribution in [0, 0.1) is 5.82 Å². The second-order valence-electron chi connectivity index (χ2n) is 6.04. The fourth-order valence-electron chi connectivity index (χ4n) is 3.76. The maximum absolute atomic E-state index is 14.3. The quantitative estimate of drug-likeness (QED) is 0.566. The van der Waals surface area contributed by atoms with Gasteiger partial charge in [-0.1, -0.05) is 12.1 Å². The van der Waals surface area contributed by atoms with E-state index in [1.165, 1.54) is 22.6 Å². The van der Waals surface area contributed by atoms with Gasteiger partial charge in [-0.3, -0.25) is 5.10 Å². The van der Waals surface area contributed by atoms with Crippen molar-refractivity contribution in [2.24, 2.45) is 0 Å². The third kappa shape index (κ3) is 1.75. The minimum Gasteiger partial charge on any atom is -0.278 e. The summed E-state index contributed by atoms with van der Waals surface area (Å²) in [6.45, 7) is 0. The average Bonchev–Trinajstić information content (AvgIpc) is 3.23. The molecule has 2 aromatic heterocycles. The molecule has 1 aliphatic rings. The number of H-pyrrole nitrogens is 1. The Morgan fingerprint density at radius 3 is 2.78 bits per heavy atom. The van der Waals surface area contributed by atoms with Gasteiger partial charge in [0.25, 0.3) is 0 Å². The van der Waals surface area contributed by atoms with Crippen molar-refractivity contribution in [1.82, 2.24) is 15.2 Å². The number of nitrogens with one attached hydrogen (secondary N) is 1. The number of benzene rings is 2. The van der Waals surface area contributed by atoms with Gasteiger partial charge >= 0.3 is 0 Å². The predicted molar refractivity (Wildman–Crippen MR) is 88.8 cm³/mol. The fraction of sp³-hybridized carbons (Fsp3) is 0.158. The summed E-state index contributed by atoms with van der Waals surface area (Å²) in [5, 5.41) is 9.45. The van der Waals surface area contributed by atoms with E-state index in [0.717, 1.165) is 41.4 Å². The summed E-state index contributed by atoms with van der Waals surface area (Å²) in [6, 6.07) is 10.9. The summed E-state index contributed by atoms with van der Waals surface area (Å²) in [5.41, 5.74) is 5.83. The van der Waals surface area contributed by atoms with Gasteiger partial charge < -0.3 is 0 Å². The molecule has 112 valence electrons. The Labute approximate surface area is 132 Å². The molecule has 0 spiro atoms. The lowest BCUT2D eigenvalue weighted by atomic mass is 9.97. The van der Waals surface area contributed by atoms with Crippen LogP contribution in [0.3, 0.4) is 0 Å². The van der Waals surface area contributed by atoms with Gasteiger partial charge in [-0.05, 0) is 54.7 Å². The minimum absolute atomic E-state index is 0.210. The van der Waals surface area contributed by atoms with Crippen LogP contribution in [0.4, 0.5) is 4.39 Å². The van der Waals surface area contributed by atoms with Crippen LogP contribution in [0.2, 0.25) is 0 Å². The molecule has 1 N–H and O–H groups in total. The molecular weight excluding hydrogens is 289 g/mol. The number of pyridine rings is 1. The highest BCUT2D eigenvalue weighted by atomic mass is 19.1. The first kappa shape index (κ1) is 12.8. The molecular formula is C19H14FN3. The summed E-state index contributed by atoms with van der Waals surface area (Å²) in [5.74, 6) is -0.210. The summed E-state index contributed by atoms with van der Waals surface area (Å²) >= 11 is 0. The molecule has 0 saturated carbocycles. The first-order valence-electron chi connectivity index (χ1n) is 7.85. The van der Waals surface area contributed by atoms with Gasteiger partial charge in [-0.15, -0.1) is 0 Å². The normalized spacial score (nSPS) is 13.8. The second-order valence-corrected chi connectivity index (χ2v) is 6.04. The van der Waals surface area contributed by atoms with Crippen molar-refractivity contribution in [1.29, 1.82) is 0 Å². The zero-order valence-corrected chi connectivity index (χ0v) is 12.4. The number of aryl methyl sites for hydroxylation is 1. The van der Waals surface area contributed by atoms with Crippen LogP contribution in [0.5, 0.6) is 0 Å². The third-order valence-electron chi connectivity index (χ3n) is 4.77. The number of hydrogen-bond donors (Lipinski definition) is 1. The lowest BCUT2D eigenvalue weighted by molar-refractivity contribution is 0.630. The fourth-order valence-corrected chi connectivity index (χ4v) is 3.76. The van der Waals surface area contributed by atoms with Crippen LogP contribution in [0.15, 0.2) is 42.6 Å². The molecule has 0 bridgehead atoms. The Balaban J connectivity index is 1.93. The van der Waals surface area contributed by atoms with Gasteiger partial charge in [0.1, 0.15) is 5.82 Å². The van der Waals surface area contributed by atoms with Gasteiger partial charge in [0.05, 0.1) is 22.9 Å². The minimum atomic E-state index is -0.210. The van der Waals surface area contributed by atoms with Crippen LogP contribution in [-0.2, 0) is 12.8 Å². The van der Waals surface area contributed by atoms with Crippen LogP contribution in [0.1, 0.15) is 17.5 Å². The number of halogens is 1. The van der Waals surface area contributed by atoms with E-state index in [4.69, 9.17) is 4.98 Å². The van der Waals surface area contributed by atoms with E-state index in [1.54, 1.807) is 6.07 Å². The molecule has 1 aliphatic carbocycles. The van der Waals surface area contributed by atoms with Crippen molar-refractivity contribution in [2.75, 3.05) is 0 Å². The van der Waals surface area contributed by atoms with Crippen molar-refractivity contribution in [3.8, 4) is 11.3 Å². The molecule has 0 fully saturated rings. The maximum Gasteiger partial charge on any atom is 0.132 e. The number of hydrogen-bond acceptors (Lipinski definition) is 2. The standard InChI is InChI=1S/C19H14FN3/c20-15-7-2-1-4-13(15)19-12-6-3-5-11(12)18-14-10-21-23-16(14)8-9-17(18)22-19/h1-2,4,7-10H,3,5-6H2,(H,21,23).